The van der Waals surface area contributed by atoms with Gasteiger partial charge in [-0.25, -0.2) is 4.98 Å². The molecule has 1 N–H and O–H groups in total. The molecule has 1 saturated carbocycles. The molecule has 7 rings (SSSR count). The first-order valence-electron chi connectivity index (χ1n) is 13.4. The van der Waals surface area contributed by atoms with E-state index in [9.17, 15) is 18.0 Å². The van der Waals surface area contributed by atoms with E-state index in [1.54, 1.807) is 0 Å². The fourth-order valence-corrected chi connectivity index (χ4v) is 5.93. The SMILES string of the molecule is CC1C2CN(c3cc(C(F)(F)F)cnc3-c3nnc(N[C@H]4N=C(c5ccccc5)c5ccccc5CC4=O)o3)CC12. The first kappa shape index (κ1) is 25.4. The normalized spacial score (nSPS) is 23.5. The summed E-state index contributed by atoms with van der Waals surface area (Å²) in [6.07, 6.45) is -4.63. The first-order chi connectivity index (χ1) is 19.8. The highest BCUT2D eigenvalue weighted by Crippen LogP contribution is 2.53. The number of rotatable bonds is 5. The van der Waals surface area contributed by atoms with Crippen LogP contribution in [0.2, 0.25) is 0 Å². The molecule has 2 aliphatic heterocycles. The van der Waals surface area contributed by atoms with Gasteiger partial charge in [-0.2, -0.15) is 13.2 Å². The molecular formula is C30H25F3N6O2. The van der Waals surface area contributed by atoms with Gasteiger partial charge in [0.05, 0.1) is 17.0 Å². The van der Waals surface area contributed by atoms with E-state index in [4.69, 9.17) is 9.41 Å². The summed E-state index contributed by atoms with van der Waals surface area (Å²) < 4.78 is 46.5. The second kappa shape index (κ2) is 9.53. The number of piperidine rings is 1. The number of nitrogens with zero attached hydrogens (tertiary/aromatic N) is 5. The van der Waals surface area contributed by atoms with Crippen LogP contribution in [0.1, 0.15) is 29.2 Å². The third-order valence-electron chi connectivity index (χ3n) is 8.29. The lowest BCUT2D eigenvalue weighted by Crippen LogP contribution is -2.29. The van der Waals surface area contributed by atoms with Crippen LogP contribution in [0.4, 0.5) is 24.9 Å². The summed E-state index contributed by atoms with van der Waals surface area (Å²) in [5, 5.41) is 11.1. The zero-order chi connectivity index (χ0) is 28.3. The molecule has 8 nitrogen and oxygen atoms in total. The van der Waals surface area contributed by atoms with E-state index in [0.717, 1.165) is 29.0 Å². The minimum atomic E-state index is -4.54. The molecule has 11 heteroatoms. The summed E-state index contributed by atoms with van der Waals surface area (Å²) in [7, 11) is 0. The molecule has 0 bridgehead atoms. The number of halogens is 3. The molecule has 4 heterocycles. The molecule has 41 heavy (non-hydrogen) atoms. The highest BCUT2D eigenvalue weighted by molar-refractivity contribution is 6.16. The summed E-state index contributed by atoms with van der Waals surface area (Å²) in [4.78, 5) is 24.1. The topological polar surface area (TPSA) is 96.5 Å². The van der Waals surface area contributed by atoms with Crippen molar-refractivity contribution in [1.82, 2.24) is 15.2 Å². The molecule has 3 atom stereocenters. The second-order valence-corrected chi connectivity index (χ2v) is 10.8. The van der Waals surface area contributed by atoms with Gasteiger partial charge in [0.2, 0.25) is 0 Å². The molecule has 1 aliphatic carbocycles. The Kier molecular flexibility index (Phi) is 5.91. The Morgan fingerprint density at radius 1 is 1.00 bits per heavy atom. The van der Waals surface area contributed by atoms with Crippen LogP contribution in [0.15, 0.2) is 76.3 Å². The molecule has 3 aliphatic rings. The van der Waals surface area contributed by atoms with E-state index < -0.39 is 17.9 Å². The lowest BCUT2D eigenvalue weighted by Gasteiger charge is -2.23. The van der Waals surface area contributed by atoms with Gasteiger partial charge in [-0.1, -0.05) is 66.6 Å². The van der Waals surface area contributed by atoms with Gasteiger partial charge < -0.3 is 14.6 Å². The van der Waals surface area contributed by atoms with E-state index >= 15 is 0 Å². The highest BCUT2D eigenvalue weighted by atomic mass is 19.4. The van der Waals surface area contributed by atoms with Crippen LogP contribution in [-0.4, -0.2) is 45.9 Å². The lowest BCUT2D eigenvalue weighted by atomic mass is 9.96. The summed E-state index contributed by atoms with van der Waals surface area (Å²) in [6, 6.07) is 18.2. The highest BCUT2D eigenvalue weighted by Gasteiger charge is 2.53. The van der Waals surface area contributed by atoms with Crippen LogP contribution in [-0.2, 0) is 17.4 Å². The molecule has 0 amide bonds. The minimum absolute atomic E-state index is 0.0403. The fraction of sp³-hybridized carbons (Fsp3) is 0.300. The Labute approximate surface area is 233 Å². The summed E-state index contributed by atoms with van der Waals surface area (Å²) in [5.74, 6) is 1.25. The number of anilines is 2. The van der Waals surface area contributed by atoms with Crippen molar-refractivity contribution in [2.24, 2.45) is 22.7 Å². The van der Waals surface area contributed by atoms with Crippen molar-refractivity contribution in [3.05, 3.63) is 89.1 Å². The number of aliphatic imine (C=N–C) groups is 1. The van der Waals surface area contributed by atoms with Crippen LogP contribution in [0, 0.1) is 17.8 Å². The molecule has 1 saturated heterocycles. The Hall–Kier alpha value is -4.54. The smallest absolute Gasteiger partial charge is 0.402 e. The monoisotopic (exact) mass is 558 g/mol. The largest absolute Gasteiger partial charge is 0.417 e. The number of hydrogen-bond donors (Lipinski definition) is 1. The Morgan fingerprint density at radius 3 is 2.49 bits per heavy atom. The van der Waals surface area contributed by atoms with Gasteiger partial charge in [0, 0.05) is 36.8 Å². The Morgan fingerprint density at radius 2 is 1.73 bits per heavy atom. The number of nitrogens with one attached hydrogen (secondary N) is 1. The van der Waals surface area contributed by atoms with Gasteiger partial charge in [-0.05, 0) is 29.4 Å². The van der Waals surface area contributed by atoms with Crippen molar-refractivity contribution in [1.29, 1.82) is 0 Å². The predicted octanol–water partition coefficient (Wildman–Crippen LogP) is 5.25. The van der Waals surface area contributed by atoms with Crippen LogP contribution < -0.4 is 10.2 Å². The second-order valence-electron chi connectivity index (χ2n) is 10.8. The Balaban J connectivity index is 1.21. The summed E-state index contributed by atoms with van der Waals surface area (Å²) in [6.45, 7) is 3.46. The molecule has 2 aromatic carbocycles. The number of fused-ring (bicyclic) bond motifs is 2. The summed E-state index contributed by atoms with van der Waals surface area (Å²) >= 11 is 0. The summed E-state index contributed by atoms with van der Waals surface area (Å²) in [5.41, 5.74) is 2.85. The van der Waals surface area contributed by atoms with Gasteiger partial charge in [0.1, 0.15) is 0 Å². The zero-order valence-corrected chi connectivity index (χ0v) is 22.0. The van der Waals surface area contributed by atoms with Crippen LogP contribution in [0.3, 0.4) is 0 Å². The van der Waals surface area contributed by atoms with Crippen molar-refractivity contribution >= 4 is 23.2 Å². The molecule has 208 valence electrons. The number of benzene rings is 2. The van der Waals surface area contributed by atoms with Crippen LogP contribution in [0.25, 0.3) is 11.6 Å². The van der Waals surface area contributed by atoms with Crippen molar-refractivity contribution in [3.63, 3.8) is 0 Å². The molecule has 0 spiro atoms. The van der Waals surface area contributed by atoms with E-state index in [0.29, 0.717) is 42.2 Å². The number of Topliss-reactive ketones (excluding diaryl/α,β-unsaturated/α-hetero) is 1. The molecule has 2 aromatic heterocycles. The molecule has 4 aromatic rings. The van der Waals surface area contributed by atoms with E-state index in [1.165, 1.54) is 0 Å². The number of alkyl halides is 3. The van der Waals surface area contributed by atoms with Crippen molar-refractivity contribution in [2.45, 2.75) is 25.7 Å². The van der Waals surface area contributed by atoms with Gasteiger partial charge in [-0.3, -0.25) is 9.79 Å². The lowest BCUT2D eigenvalue weighted by molar-refractivity contribution is -0.137. The Bertz CT molecular complexity index is 1660. The third kappa shape index (κ3) is 4.64. The van der Waals surface area contributed by atoms with Crippen molar-refractivity contribution < 1.29 is 22.4 Å². The average Bonchev–Trinajstić information content (AvgIpc) is 3.30. The average molecular weight is 559 g/mol. The van der Waals surface area contributed by atoms with Crippen molar-refractivity contribution in [2.75, 3.05) is 23.3 Å². The van der Waals surface area contributed by atoms with Crippen LogP contribution in [0.5, 0.6) is 0 Å². The van der Waals surface area contributed by atoms with E-state index in [1.807, 2.05) is 59.5 Å². The molecular weight excluding hydrogens is 533 g/mol. The number of aromatic nitrogens is 3. The molecule has 0 radical (unpaired) electrons. The quantitative estimate of drug-likeness (QED) is 0.357. The van der Waals surface area contributed by atoms with E-state index in [2.05, 4.69) is 27.4 Å². The maximum atomic E-state index is 13.6. The zero-order valence-electron chi connectivity index (χ0n) is 22.0. The standard InChI is InChI=1S/C30H25F3N6O2/c1-16-21-14-39(15-22(16)21)23-12-19(30(31,32)33)13-34-26(23)28-37-38-29(41-28)36-27-24(40)11-18-9-5-6-10-20(18)25(35-27)17-7-3-2-4-8-17/h2-10,12-13,16,21-22,27H,11,14-15H2,1H3,(H,36,38)/t16?,21?,22?,27-/m1/s1. The number of hydrogen-bond acceptors (Lipinski definition) is 8. The first-order valence-corrected chi connectivity index (χ1v) is 13.4. The molecule has 2 unspecified atom stereocenters. The van der Waals surface area contributed by atoms with Gasteiger partial charge in [0.25, 0.3) is 5.89 Å². The molecule has 2 fully saturated rings. The predicted molar refractivity (Wildman–Crippen MR) is 146 cm³/mol. The van der Waals surface area contributed by atoms with Crippen molar-refractivity contribution in [3.8, 4) is 11.6 Å². The third-order valence-corrected chi connectivity index (χ3v) is 8.29. The van der Waals surface area contributed by atoms with E-state index in [-0.39, 0.29) is 29.8 Å². The van der Waals surface area contributed by atoms with Gasteiger partial charge in [0.15, 0.2) is 17.6 Å². The number of pyridine rings is 1. The minimum Gasteiger partial charge on any atom is -0.402 e. The number of carbonyl (C=O) groups is 1. The van der Waals surface area contributed by atoms with Gasteiger partial charge >= 0.3 is 12.2 Å². The van der Waals surface area contributed by atoms with Gasteiger partial charge in [-0.15, -0.1) is 5.10 Å². The maximum Gasteiger partial charge on any atom is 0.417 e. The van der Waals surface area contributed by atoms with Crippen LogP contribution >= 0.6 is 0 Å². The number of carbonyl (C=O) groups excluding carboxylic acids is 1. The number of ketones is 1. The maximum absolute atomic E-state index is 13.6. The fourth-order valence-electron chi connectivity index (χ4n) is 5.93.